The number of anilines is 2. The second kappa shape index (κ2) is 4.16. The Morgan fingerprint density at radius 3 is 2.18 bits per heavy atom. The lowest BCUT2D eigenvalue weighted by Gasteiger charge is -1.96. The first-order valence-corrected chi connectivity index (χ1v) is 4.46. The Morgan fingerprint density at radius 1 is 1.06 bits per heavy atom. The van der Waals surface area contributed by atoms with Crippen LogP contribution in [0.3, 0.4) is 0 Å². The monoisotopic (exact) mass is 239 g/mol. The number of nitrogens with zero attached hydrogens (tertiary/aromatic N) is 3. The molecule has 0 aliphatic carbocycles. The molecule has 0 aliphatic heterocycles. The topological polar surface area (TPSA) is 103 Å². The normalized spacial score (nSPS) is 11.2. The molecule has 2 rings (SSSR count). The van der Waals surface area contributed by atoms with Gasteiger partial charge in [-0.1, -0.05) is 11.2 Å². The average molecular weight is 239 g/mol. The first kappa shape index (κ1) is 11.0. The molecule has 2 aromatic rings. The molecule has 0 saturated carbocycles. The molecule has 6 nitrogen and oxygen atoms in total. The maximum Gasteiger partial charge on any atom is 0.252 e. The van der Waals surface area contributed by atoms with E-state index in [1.54, 1.807) is 0 Å². The molecule has 4 N–H and O–H groups in total. The average Bonchev–Trinajstić information content (AvgIpc) is 2.59. The van der Waals surface area contributed by atoms with Crippen LogP contribution in [-0.4, -0.2) is 5.16 Å². The summed E-state index contributed by atoms with van der Waals surface area (Å²) >= 11 is 0. The molecular weight excluding hydrogens is 232 g/mol. The number of aromatic nitrogens is 1. The van der Waals surface area contributed by atoms with Crippen LogP contribution in [-0.2, 0) is 0 Å². The molecule has 88 valence electrons. The molecule has 1 heterocycles. The van der Waals surface area contributed by atoms with Crippen LogP contribution in [0.4, 0.5) is 31.9 Å². The van der Waals surface area contributed by atoms with Crippen molar-refractivity contribution in [2.45, 2.75) is 0 Å². The zero-order valence-electron chi connectivity index (χ0n) is 8.39. The lowest BCUT2D eigenvalue weighted by molar-refractivity contribution is 0.440. The first-order valence-electron chi connectivity index (χ1n) is 4.46. The van der Waals surface area contributed by atoms with Crippen LogP contribution < -0.4 is 11.5 Å². The molecule has 17 heavy (non-hydrogen) atoms. The van der Waals surface area contributed by atoms with Crippen molar-refractivity contribution in [1.29, 1.82) is 0 Å². The van der Waals surface area contributed by atoms with Crippen molar-refractivity contribution in [1.82, 2.24) is 5.16 Å². The van der Waals surface area contributed by atoms with E-state index >= 15 is 0 Å². The van der Waals surface area contributed by atoms with Crippen LogP contribution in [0.5, 0.6) is 0 Å². The summed E-state index contributed by atoms with van der Waals surface area (Å²) in [6, 6.07) is 3.32. The maximum absolute atomic E-state index is 13.2. The van der Waals surface area contributed by atoms with Gasteiger partial charge in [-0.15, -0.1) is 10.2 Å². The second-order valence-corrected chi connectivity index (χ2v) is 3.05. The Balaban J connectivity index is 2.39. The highest BCUT2D eigenvalue weighted by molar-refractivity contribution is 5.68. The molecule has 0 unspecified atom stereocenters. The van der Waals surface area contributed by atoms with Crippen LogP contribution in [0.2, 0.25) is 0 Å². The number of benzene rings is 1. The SMILES string of the molecule is Nc1noc(N)c1N=Nc1c(F)cccc1F. The standard InChI is InChI=1S/C9H7F2N5O/c10-4-2-1-3-5(11)6(4)14-15-7-8(12)16-17-9(7)13/h1-3H,13H2,(H2,12,16). The lowest BCUT2D eigenvalue weighted by atomic mass is 10.3. The lowest BCUT2D eigenvalue weighted by Crippen LogP contribution is -1.85. The van der Waals surface area contributed by atoms with Crippen molar-refractivity contribution >= 4 is 23.1 Å². The Morgan fingerprint density at radius 2 is 1.65 bits per heavy atom. The minimum atomic E-state index is -0.845. The van der Waals surface area contributed by atoms with Gasteiger partial charge < -0.3 is 16.0 Å². The minimum Gasteiger partial charge on any atom is -0.379 e. The summed E-state index contributed by atoms with van der Waals surface area (Å²) in [6.07, 6.45) is 0. The summed E-state index contributed by atoms with van der Waals surface area (Å²) in [6.45, 7) is 0. The summed E-state index contributed by atoms with van der Waals surface area (Å²) in [5.41, 5.74) is 10.1. The molecule has 0 bridgehead atoms. The Hall–Kier alpha value is -2.51. The van der Waals surface area contributed by atoms with E-state index in [9.17, 15) is 8.78 Å². The predicted octanol–water partition coefficient (Wildman–Crippen LogP) is 2.53. The summed E-state index contributed by atoms with van der Waals surface area (Å²) in [7, 11) is 0. The Kier molecular flexibility index (Phi) is 2.69. The smallest absolute Gasteiger partial charge is 0.252 e. The molecular formula is C9H7F2N5O. The van der Waals surface area contributed by atoms with Crippen molar-refractivity contribution in [2.75, 3.05) is 11.5 Å². The zero-order chi connectivity index (χ0) is 12.4. The zero-order valence-corrected chi connectivity index (χ0v) is 8.39. The summed E-state index contributed by atoms with van der Waals surface area (Å²) < 4.78 is 30.9. The van der Waals surface area contributed by atoms with Crippen molar-refractivity contribution in [2.24, 2.45) is 10.2 Å². The third-order valence-corrected chi connectivity index (χ3v) is 1.91. The van der Waals surface area contributed by atoms with Gasteiger partial charge in [0.2, 0.25) is 0 Å². The molecule has 0 amide bonds. The molecule has 0 radical (unpaired) electrons. The van der Waals surface area contributed by atoms with Crippen LogP contribution in [0.15, 0.2) is 33.0 Å². The molecule has 1 aromatic heterocycles. The maximum atomic E-state index is 13.2. The van der Waals surface area contributed by atoms with E-state index < -0.39 is 17.3 Å². The van der Waals surface area contributed by atoms with E-state index in [4.69, 9.17) is 11.5 Å². The number of azo groups is 1. The van der Waals surface area contributed by atoms with Crippen LogP contribution >= 0.6 is 0 Å². The highest BCUT2D eigenvalue weighted by Crippen LogP contribution is 2.31. The largest absolute Gasteiger partial charge is 0.379 e. The van der Waals surface area contributed by atoms with Gasteiger partial charge in [-0.25, -0.2) is 8.78 Å². The summed E-state index contributed by atoms with van der Waals surface area (Å²) in [5.74, 6) is -1.98. The second-order valence-electron chi connectivity index (χ2n) is 3.05. The van der Waals surface area contributed by atoms with Gasteiger partial charge in [0.15, 0.2) is 28.8 Å². The van der Waals surface area contributed by atoms with Gasteiger partial charge >= 0.3 is 0 Å². The number of hydrogen-bond donors (Lipinski definition) is 2. The van der Waals surface area contributed by atoms with Crippen LogP contribution in [0, 0.1) is 11.6 Å². The Labute approximate surface area is 93.9 Å². The Bertz CT molecular complexity index is 541. The third-order valence-electron chi connectivity index (χ3n) is 1.91. The minimum absolute atomic E-state index is 0.0624. The fourth-order valence-corrected chi connectivity index (χ4v) is 1.10. The predicted molar refractivity (Wildman–Crippen MR) is 55.9 cm³/mol. The molecule has 0 saturated heterocycles. The first-order chi connectivity index (χ1) is 8.09. The molecule has 0 aliphatic rings. The van der Waals surface area contributed by atoms with Crippen LogP contribution in [0.1, 0.15) is 0 Å². The number of nitrogen functional groups attached to an aromatic ring is 2. The number of rotatable bonds is 2. The van der Waals surface area contributed by atoms with Crippen LogP contribution in [0.25, 0.3) is 0 Å². The highest BCUT2D eigenvalue weighted by Gasteiger charge is 2.11. The molecule has 1 aromatic carbocycles. The van der Waals surface area contributed by atoms with Gasteiger partial charge in [0.05, 0.1) is 0 Å². The van der Waals surface area contributed by atoms with Gasteiger partial charge in [0, 0.05) is 0 Å². The van der Waals surface area contributed by atoms with E-state index in [1.807, 2.05) is 0 Å². The summed E-state index contributed by atoms with van der Waals surface area (Å²) in [4.78, 5) is 0. The van der Waals surface area contributed by atoms with Gasteiger partial charge in [0.25, 0.3) is 5.88 Å². The fourth-order valence-electron chi connectivity index (χ4n) is 1.10. The van der Waals surface area contributed by atoms with Crippen molar-refractivity contribution in [3.05, 3.63) is 29.8 Å². The molecule has 0 atom stereocenters. The number of nitrogens with two attached hydrogens (primary N) is 2. The van der Waals surface area contributed by atoms with E-state index in [-0.39, 0.29) is 17.4 Å². The van der Waals surface area contributed by atoms with Gasteiger partial charge in [-0.3, -0.25) is 0 Å². The molecule has 8 heteroatoms. The quantitative estimate of drug-likeness (QED) is 0.785. The van der Waals surface area contributed by atoms with E-state index in [1.165, 1.54) is 6.07 Å². The van der Waals surface area contributed by atoms with Gasteiger partial charge in [0.1, 0.15) is 0 Å². The number of halogens is 2. The van der Waals surface area contributed by atoms with E-state index in [0.29, 0.717) is 0 Å². The third kappa shape index (κ3) is 2.05. The van der Waals surface area contributed by atoms with E-state index in [0.717, 1.165) is 12.1 Å². The fraction of sp³-hybridized carbons (Fsp3) is 0. The number of hydrogen-bond acceptors (Lipinski definition) is 6. The van der Waals surface area contributed by atoms with Crippen molar-refractivity contribution in [3.8, 4) is 0 Å². The van der Waals surface area contributed by atoms with Gasteiger partial charge in [-0.05, 0) is 12.1 Å². The van der Waals surface area contributed by atoms with Crippen molar-refractivity contribution < 1.29 is 13.3 Å². The molecule has 0 spiro atoms. The molecule has 0 fully saturated rings. The van der Waals surface area contributed by atoms with E-state index in [2.05, 4.69) is 19.9 Å². The highest BCUT2D eigenvalue weighted by atomic mass is 19.1. The van der Waals surface area contributed by atoms with Crippen molar-refractivity contribution in [3.63, 3.8) is 0 Å². The summed E-state index contributed by atoms with van der Waals surface area (Å²) in [5, 5.41) is 10.2. The van der Waals surface area contributed by atoms with Gasteiger partial charge in [-0.2, -0.15) is 0 Å².